The van der Waals surface area contributed by atoms with Crippen LogP contribution in [0, 0.1) is 5.92 Å². The summed E-state index contributed by atoms with van der Waals surface area (Å²) < 4.78 is 5.34. The van der Waals surface area contributed by atoms with E-state index >= 15 is 0 Å². The van der Waals surface area contributed by atoms with Gasteiger partial charge in [-0.2, -0.15) is 11.8 Å². The van der Waals surface area contributed by atoms with E-state index in [0.717, 1.165) is 18.2 Å². The van der Waals surface area contributed by atoms with Gasteiger partial charge in [0.2, 0.25) is 0 Å². The van der Waals surface area contributed by atoms with Gasteiger partial charge in [-0.3, -0.25) is 0 Å². The third-order valence-electron chi connectivity index (χ3n) is 2.71. The number of hydrogen-bond donors (Lipinski definition) is 1. The van der Waals surface area contributed by atoms with Crippen molar-refractivity contribution in [3.63, 3.8) is 0 Å². The zero-order valence-electron chi connectivity index (χ0n) is 8.53. The quantitative estimate of drug-likeness (QED) is 0.829. The zero-order valence-corrected chi connectivity index (χ0v) is 9.35. The smallest absolute Gasteiger partial charge is 0.120 e. The van der Waals surface area contributed by atoms with Crippen LogP contribution in [0.15, 0.2) is 22.8 Å². The van der Waals surface area contributed by atoms with Gasteiger partial charge in [-0.25, -0.2) is 0 Å². The van der Waals surface area contributed by atoms with Crippen molar-refractivity contribution in [1.82, 2.24) is 5.32 Å². The largest absolute Gasteiger partial charge is 0.468 e. The average Bonchev–Trinajstić information content (AvgIpc) is 2.87. The van der Waals surface area contributed by atoms with Gasteiger partial charge in [0.25, 0.3) is 0 Å². The molecule has 1 fully saturated rings. The van der Waals surface area contributed by atoms with Crippen molar-refractivity contribution in [2.24, 2.45) is 5.92 Å². The molecule has 0 saturated carbocycles. The fourth-order valence-electron chi connectivity index (χ4n) is 1.73. The summed E-state index contributed by atoms with van der Waals surface area (Å²) in [4.78, 5) is 0. The lowest BCUT2D eigenvalue weighted by Crippen LogP contribution is -2.25. The number of thioether (sulfide) groups is 1. The maximum absolute atomic E-state index is 5.34. The second-order valence-corrected chi connectivity index (χ2v) is 5.02. The molecule has 0 aliphatic carbocycles. The Labute approximate surface area is 89.4 Å². The van der Waals surface area contributed by atoms with E-state index in [1.165, 1.54) is 17.9 Å². The fourth-order valence-corrected chi connectivity index (χ4v) is 3.01. The Morgan fingerprint density at radius 2 is 2.64 bits per heavy atom. The Hall–Kier alpha value is -0.410. The summed E-state index contributed by atoms with van der Waals surface area (Å²) in [6, 6.07) is 4.32. The first kappa shape index (κ1) is 10.1. The number of rotatable bonds is 4. The lowest BCUT2D eigenvalue weighted by molar-refractivity contribution is 0.406. The Morgan fingerprint density at radius 3 is 3.29 bits per heavy atom. The predicted octanol–water partition coefficient (Wildman–Crippen LogP) is 2.68. The highest BCUT2D eigenvalue weighted by molar-refractivity contribution is 7.99. The molecule has 1 aromatic rings. The maximum atomic E-state index is 5.34. The maximum Gasteiger partial charge on any atom is 0.120 e. The van der Waals surface area contributed by atoms with Gasteiger partial charge in [0.15, 0.2) is 0 Å². The van der Waals surface area contributed by atoms with Crippen LogP contribution in [0.25, 0.3) is 0 Å². The van der Waals surface area contributed by atoms with E-state index in [9.17, 15) is 0 Å². The molecule has 0 amide bonds. The van der Waals surface area contributed by atoms with Crippen LogP contribution in [0.2, 0.25) is 0 Å². The summed E-state index contributed by atoms with van der Waals surface area (Å²) in [5.74, 6) is 4.55. The molecule has 2 unspecified atom stereocenters. The first-order valence-electron chi connectivity index (χ1n) is 5.21. The summed E-state index contributed by atoms with van der Waals surface area (Å²) in [6.07, 6.45) is 3.10. The van der Waals surface area contributed by atoms with Crippen LogP contribution < -0.4 is 5.32 Å². The van der Waals surface area contributed by atoms with Gasteiger partial charge >= 0.3 is 0 Å². The molecule has 3 heteroatoms. The molecule has 2 heterocycles. The molecule has 1 aliphatic heterocycles. The molecule has 2 atom stereocenters. The molecular formula is C11H17NOS. The third kappa shape index (κ3) is 2.55. The molecule has 1 N–H and O–H groups in total. The molecule has 1 saturated heterocycles. The zero-order chi connectivity index (χ0) is 9.80. The third-order valence-corrected chi connectivity index (χ3v) is 3.94. The van der Waals surface area contributed by atoms with Gasteiger partial charge in [0.05, 0.1) is 12.3 Å². The molecule has 0 spiro atoms. The van der Waals surface area contributed by atoms with Crippen molar-refractivity contribution in [3.8, 4) is 0 Å². The van der Waals surface area contributed by atoms with E-state index in [4.69, 9.17) is 4.42 Å². The van der Waals surface area contributed by atoms with Crippen LogP contribution in [0.1, 0.15) is 25.1 Å². The van der Waals surface area contributed by atoms with Crippen LogP contribution in [0.3, 0.4) is 0 Å². The number of nitrogens with one attached hydrogen (secondary N) is 1. The summed E-state index contributed by atoms with van der Waals surface area (Å²) in [5.41, 5.74) is 0. The molecule has 1 aromatic heterocycles. The van der Waals surface area contributed by atoms with Crippen molar-refractivity contribution < 1.29 is 4.42 Å². The second-order valence-electron chi connectivity index (χ2n) is 3.87. The molecule has 0 bridgehead atoms. The van der Waals surface area contributed by atoms with E-state index in [-0.39, 0.29) is 0 Å². The van der Waals surface area contributed by atoms with E-state index in [0.29, 0.717) is 6.04 Å². The van der Waals surface area contributed by atoms with Gasteiger partial charge in [-0.15, -0.1) is 0 Å². The minimum atomic E-state index is 0.343. The summed E-state index contributed by atoms with van der Waals surface area (Å²) in [7, 11) is 0. The van der Waals surface area contributed by atoms with Crippen molar-refractivity contribution in [2.75, 3.05) is 18.1 Å². The van der Waals surface area contributed by atoms with Crippen LogP contribution >= 0.6 is 11.8 Å². The van der Waals surface area contributed by atoms with Crippen LogP contribution in [-0.4, -0.2) is 18.1 Å². The van der Waals surface area contributed by atoms with Gasteiger partial charge in [-0.1, -0.05) is 0 Å². The molecular weight excluding hydrogens is 194 g/mol. The second kappa shape index (κ2) is 4.89. The highest BCUT2D eigenvalue weighted by Gasteiger charge is 2.16. The van der Waals surface area contributed by atoms with Gasteiger partial charge < -0.3 is 9.73 Å². The average molecular weight is 211 g/mol. The Kier molecular flexibility index (Phi) is 3.54. The van der Waals surface area contributed by atoms with E-state index in [1.807, 2.05) is 12.1 Å². The Morgan fingerprint density at radius 1 is 1.71 bits per heavy atom. The SMILES string of the molecule is CC(NCC1CCSC1)c1ccco1. The van der Waals surface area contributed by atoms with E-state index < -0.39 is 0 Å². The molecule has 0 aromatic carbocycles. The molecule has 2 nitrogen and oxygen atoms in total. The van der Waals surface area contributed by atoms with Gasteiger partial charge in [-0.05, 0) is 49.4 Å². The lowest BCUT2D eigenvalue weighted by atomic mass is 10.1. The molecule has 2 rings (SSSR count). The molecule has 0 radical (unpaired) electrons. The highest BCUT2D eigenvalue weighted by Crippen LogP contribution is 2.23. The van der Waals surface area contributed by atoms with E-state index in [1.54, 1.807) is 6.26 Å². The topological polar surface area (TPSA) is 25.2 Å². The highest BCUT2D eigenvalue weighted by atomic mass is 32.2. The van der Waals surface area contributed by atoms with Crippen molar-refractivity contribution >= 4 is 11.8 Å². The summed E-state index contributed by atoms with van der Waals surface area (Å²) in [6.45, 7) is 3.27. The van der Waals surface area contributed by atoms with Crippen molar-refractivity contribution in [1.29, 1.82) is 0 Å². The minimum Gasteiger partial charge on any atom is -0.468 e. The van der Waals surface area contributed by atoms with Gasteiger partial charge in [0.1, 0.15) is 5.76 Å². The van der Waals surface area contributed by atoms with Gasteiger partial charge in [0, 0.05) is 0 Å². The standard InChI is InChI=1S/C11H17NOS/c1-9(11-3-2-5-13-11)12-7-10-4-6-14-8-10/h2-3,5,9-10,12H,4,6-8H2,1H3. The predicted molar refractivity (Wildman–Crippen MR) is 60.6 cm³/mol. The van der Waals surface area contributed by atoms with Crippen LogP contribution in [0.4, 0.5) is 0 Å². The number of hydrogen-bond acceptors (Lipinski definition) is 3. The van der Waals surface area contributed by atoms with Crippen LogP contribution in [-0.2, 0) is 0 Å². The van der Waals surface area contributed by atoms with Crippen LogP contribution in [0.5, 0.6) is 0 Å². The lowest BCUT2D eigenvalue weighted by Gasteiger charge is -2.14. The summed E-state index contributed by atoms with van der Waals surface area (Å²) in [5, 5.41) is 3.52. The Bertz CT molecular complexity index is 254. The summed E-state index contributed by atoms with van der Waals surface area (Å²) >= 11 is 2.07. The Balaban J connectivity index is 1.74. The fraction of sp³-hybridized carbons (Fsp3) is 0.636. The minimum absolute atomic E-state index is 0.343. The molecule has 14 heavy (non-hydrogen) atoms. The van der Waals surface area contributed by atoms with Crippen molar-refractivity contribution in [2.45, 2.75) is 19.4 Å². The monoisotopic (exact) mass is 211 g/mol. The first-order valence-corrected chi connectivity index (χ1v) is 6.36. The first-order chi connectivity index (χ1) is 6.86. The molecule has 1 aliphatic rings. The normalized spacial score (nSPS) is 23.9. The molecule has 78 valence electrons. The number of furan rings is 1. The van der Waals surface area contributed by atoms with E-state index in [2.05, 4.69) is 24.0 Å². The van der Waals surface area contributed by atoms with Crippen molar-refractivity contribution in [3.05, 3.63) is 24.2 Å².